The number of rotatable bonds is 7. The second-order valence-corrected chi connectivity index (χ2v) is 5.20. The van der Waals surface area contributed by atoms with Crippen molar-refractivity contribution < 1.29 is 4.79 Å². The Labute approximate surface area is 148 Å². The first kappa shape index (κ1) is 19.4. The summed E-state index contributed by atoms with van der Waals surface area (Å²) in [7, 11) is 0. The van der Waals surface area contributed by atoms with Crippen LogP contribution in [-0.2, 0) is 4.79 Å². The van der Waals surface area contributed by atoms with Crippen molar-refractivity contribution in [3.8, 4) is 0 Å². The van der Waals surface area contributed by atoms with E-state index >= 15 is 0 Å². The van der Waals surface area contributed by atoms with Gasteiger partial charge in [0.15, 0.2) is 0 Å². The molecule has 1 N–H and O–H groups in total. The summed E-state index contributed by atoms with van der Waals surface area (Å²) in [6.45, 7) is 11.1. The summed E-state index contributed by atoms with van der Waals surface area (Å²) < 4.78 is 0. The number of allylic oxidation sites excluding steroid dienone is 4. The van der Waals surface area contributed by atoms with Gasteiger partial charge in [-0.3, -0.25) is 9.79 Å². The van der Waals surface area contributed by atoms with Crippen LogP contribution in [-0.4, -0.2) is 12.1 Å². The maximum Gasteiger partial charge on any atom is 0.257 e. The number of amides is 1. The monoisotopic (exact) mass is 340 g/mol. The van der Waals surface area contributed by atoms with Crippen LogP contribution in [0, 0.1) is 0 Å². The largest absolute Gasteiger partial charge is 0.323 e. The van der Waals surface area contributed by atoms with Crippen molar-refractivity contribution in [1.29, 1.82) is 0 Å². The number of carbonyl (C=O) groups excluding carboxylic acids is 1. The Bertz CT molecular complexity index is 740. The molecule has 1 aromatic carbocycles. The van der Waals surface area contributed by atoms with Crippen molar-refractivity contribution in [3.05, 3.63) is 89.8 Å². The molecule has 0 aliphatic heterocycles. The molecule has 0 aliphatic carbocycles. The van der Waals surface area contributed by atoms with Gasteiger partial charge < -0.3 is 5.32 Å². The number of nitrogens with one attached hydrogen (secondary N) is 1. The van der Waals surface area contributed by atoms with Crippen molar-refractivity contribution in [2.75, 3.05) is 0 Å². The first-order valence-corrected chi connectivity index (χ1v) is 7.80. The highest BCUT2D eigenvalue weighted by molar-refractivity contribution is 6.30. The molecule has 3 nitrogen and oxygen atoms in total. The number of nitrogens with zero attached hydrogens (tertiary/aromatic N) is 1. The normalized spacial score (nSPS) is 12.6. The van der Waals surface area contributed by atoms with Crippen molar-refractivity contribution in [2.45, 2.75) is 13.8 Å². The molecular formula is C20H21ClN2O. The van der Waals surface area contributed by atoms with Gasteiger partial charge >= 0.3 is 0 Å². The predicted octanol–water partition coefficient (Wildman–Crippen LogP) is 5.09. The van der Waals surface area contributed by atoms with Crippen LogP contribution in [0.5, 0.6) is 0 Å². The van der Waals surface area contributed by atoms with Gasteiger partial charge in [-0.1, -0.05) is 55.1 Å². The summed E-state index contributed by atoms with van der Waals surface area (Å²) in [4.78, 5) is 16.0. The fourth-order valence-electron chi connectivity index (χ4n) is 1.84. The van der Waals surface area contributed by atoms with Gasteiger partial charge in [0.1, 0.15) is 0 Å². The summed E-state index contributed by atoms with van der Waals surface area (Å²) in [6.07, 6.45) is 10.1. The Morgan fingerprint density at radius 1 is 1.29 bits per heavy atom. The van der Waals surface area contributed by atoms with Crippen LogP contribution < -0.4 is 5.32 Å². The Kier molecular flexibility index (Phi) is 8.23. The summed E-state index contributed by atoms with van der Waals surface area (Å²) in [5.41, 5.74) is 2.80. The highest BCUT2D eigenvalue weighted by atomic mass is 35.5. The van der Waals surface area contributed by atoms with Crippen LogP contribution in [0.1, 0.15) is 19.4 Å². The van der Waals surface area contributed by atoms with Gasteiger partial charge in [0.05, 0.1) is 5.57 Å². The smallest absolute Gasteiger partial charge is 0.257 e. The molecule has 0 aliphatic rings. The third kappa shape index (κ3) is 6.23. The van der Waals surface area contributed by atoms with Gasteiger partial charge in [-0.2, -0.15) is 0 Å². The lowest BCUT2D eigenvalue weighted by Crippen LogP contribution is -2.22. The van der Waals surface area contributed by atoms with E-state index in [1.54, 1.807) is 19.2 Å². The van der Waals surface area contributed by atoms with Crippen molar-refractivity contribution in [2.24, 2.45) is 4.99 Å². The maximum absolute atomic E-state index is 12.1. The molecule has 124 valence electrons. The van der Waals surface area contributed by atoms with Gasteiger partial charge in [-0.05, 0) is 43.2 Å². The van der Waals surface area contributed by atoms with Crippen LogP contribution in [0.25, 0.3) is 5.57 Å². The molecule has 0 aromatic heterocycles. The third-order valence-corrected chi connectivity index (χ3v) is 3.29. The fourth-order valence-corrected chi connectivity index (χ4v) is 2.03. The van der Waals surface area contributed by atoms with Crippen LogP contribution in [0.4, 0.5) is 0 Å². The molecule has 0 atom stereocenters. The Balaban J connectivity index is 2.81. The number of benzene rings is 1. The maximum atomic E-state index is 12.1. The molecule has 0 fully saturated rings. The highest BCUT2D eigenvalue weighted by Gasteiger charge is 2.05. The lowest BCUT2D eigenvalue weighted by molar-refractivity contribution is -0.116. The van der Waals surface area contributed by atoms with E-state index in [0.717, 1.165) is 11.1 Å². The summed E-state index contributed by atoms with van der Waals surface area (Å²) in [5, 5.41) is 3.37. The molecule has 1 amide bonds. The molecule has 0 saturated heterocycles. The van der Waals surface area contributed by atoms with E-state index in [1.807, 2.05) is 43.3 Å². The Morgan fingerprint density at radius 3 is 2.62 bits per heavy atom. The molecule has 0 spiro atoms. The first-order valence-electron chi connectivity index (χ1n) is 7.42. The number of aliphatic imine (C=N–C) groups is 1. The number of hydrogen-bond acceptors (Lipinski definition) is 2. The summed E-state index contributed by atoms with van der Waals surface area (Å²) in [6, 6.07) is 7.56. The molecule has 0 heterocycles. The second-order valence-electron chi connectivity index (χ2n) is 4.76. The van der Waals surface area contributed by atoms with Crippen LogP contribution in [0.15, 0.2) is 84.2 Å². The van der Waals surface area contributed by atoms with Crippen molar-refractivity contribution in [1.82, 2.24) is 5.32 Å². The van der Waals surface area contributed by atoms with Gasteiger partial charge in [0.25, 0.3) is 5.91 Å². The van der Waals surface area contributed by atoms with E-state index in [2.05, 4.69) is 23.5 Å². The van der Waals surface area contributed by atoms with Gasteiger partial charge in [0.2, 0.25) is 0 Å². The quantitative estimate of drug-likeness (QED) is 0.419. The van der Waals surface area contributed by atoms with Gasteiger partial charge in [-0.25, -0.2) is 0 Å². The third-order valence-electron chi connectivity index (χ3n) is 3.05. The van der Waals surface area contributed by atoms with Crippen molar-refractivity contribution >= 4 is 29.3 Å². The van der Waals surface area contributed by atoms with Crippen LogP contribution >= 0.6 is 11.6 Å². The van der Waals surface area contributed by atoms with Crippen LogP contribution in [0.2, 0.25) is 5.02 Å². The van der Waals surface area contributed by atoms with E-state index in [9.17, 15) is 4.79 Å². The van der Waals surface area contributed by atoms with Gasteiger partial charge in [0, 0.05) is 23.1 Å². The molecule has 1 rings (SSSR count). The topological polar surface area (TPSA) is 41.5 Å². The minimum atomic E-state index is -0.310. The highest BCUT2D eigenvalue weighted by Crippen LogP contribution is 2.20. The fraction of sp³-hybridized carbons (Fsp3) is 0.100. The predicted molar refractivity (Wildman–Crippen MR) is 104 cm³/mol. The molecule has 0 saturated carbocycles. The number of carbonyl (C=O) groups is 1. The zero-order chi connectivity index (χ0) is 17.9. The zero-order valence-corrected chi connectivity index (χ0v) is 14.7. The summed E-state index contributed by atoms with van der Waals surface area (Å²) in [5.74, 6) is -0.310. The van der Waals surface area contributed by atoms with E-state index in [1.165, 1.54) is 12.3 Å². The standard InChI is InChI=1S/C20H21ClN2O/c1-5-16(18-9-8-10-19(21)13-18)12-11-15(4)23-20(24)17(6-2)14-22-7-3/h5-14H,2,4H2,1,3H3,(H,23,24)/b12-11-,16-5+,17-14+,22-7-. The molecule has 4 heteroatoms. The van der Waals surface area contributed by atoms with E-state index in [0.29, 0.717) is 16.3 Å². The van der Waals surface area contributed by atoms with Gasteiger partial charge in [-0.15, -0.1) is 0 Å². The Hall–Kier alpha value is -2.65. The molecular weight excluding hydrogens is 320 g/mol. The zero-order valence-electron chi connectivity index (χ0n) is 13.9. The second kappa shape index (κ2) is 10.2. The molecule has 1 aromatic rings. The molecule has 0 unspecified atom stereocenters. The van der Waals surface area contributed by atoms with E-state index in [-0.39, 0.29) is 5.91 Å². The van der Waals surface area contributed by atoms with Crippen molar-refractivity contribution in [3.63, 3.8) is 0 Å². The van der Waals surface area contributed by atoms with Crippen LogP contribution in [0.3, 0.4) is 0 Å². The first-order chi connectivity index (χ1) is 11.5. The number of halogens is 1. The average Bonchev–Trinajstić information content (AvgIpc) is 2.56. The number of hydrogen-bond donors (Lipinski definition) is 1. The summed E-state index contributed by atoms with van der Waals surface area (Å²) >= 11 is 6.02. The average molecular weight is 341 g/mol. The SMILES string of the molecule is C=C/C(=C\N=C/C)C(=O)NC(=C)/C=C\C(=C/C)c1cccc(Cl)c1. The molecule has 24 heavy (non-hydrogen) atoms. The molecule has 0 bridgehead atoms. The minimum absolute atomic E-state index is 0.310. The Morgan fingerprint density at radius 2 is 2.04 bits per heavy atom. The molecule has 0 radical (unpaired) electrons. The lowest BCUT2D eigenvalue weighted by Gasteiger charge is -2.06. The minimum Gasteiger partial charge on any atom is -0.323 e. The van der Waals surface area contributed by atoms with E-state index in [4.69, 9.17) is 11.6 Å². The lowest BCUT2D eigenvalue weighted by atomic mass is 10.1. The van der Waals surface area contributed by atoms with E-state index < -0.39 is 0 Å².